The Kier molecular flexibility index (Phi) is 14.9. The number of rotatable bonds is 3. The molecule has 1 saturated carbocycles. The van der Waals surface area contributed by atoms with E-state index in [-0.39, 0.29) is 0 Å². The maximum absolute atomic E-state index is 2.34. The summed E-state index contributed by atoms with van der Waals surface area (Å²) >= 11 is 0. The molecule has 0 aromatic heterocycles. The first-order valence-electron chi connectivity index (χ1n) is 7.36. The summed E-state index contributed by atoms with van der Waals surface area (Å²) in [6.07, 6.45) is 8.81. The van der Waals surface area contributed by atoms with Crippen molar-refractivity contribution in [2.24, 2.45) is 5.92 Å². The van der Waals surface area contributed by atoms with E-state index in [1.807, 2.05) is 27.7 Å². The van der Waals surface area contributed by atoms with E-state index in [9.17, 15) is 0 Å². The van der Waals surface area contributed by atoms with Crippen molar-refractivity contribution < 1.29 is 0 Å². The second-order valence-corrected chi connectivity index (χ2v) is 4.55. The van der Waals surface area contributed by atoms with Crippen molar-refractivity contribution in [3.8, 4) is 0 Å². The van der Waals surface area contributed by atoms with Gasteiger partial charge in [-0.25, -0.2) is 0 Å². The fourth-order valence-electron chi connectivity index (χ4n) is 2.12. The molecule has 0 radical (unpaired) electrons. The zero-order valence-electron chi connectivity index (χ0n) is 12.8. The third-order valence-electron chi connectivity index (χ3n) is 3.28. The molecule has 1 unspecified atom stereocenters. The Balaban J connectivity index is 0. The summed E-state index contributed by atoms with van der Waals surface area (Å²) < 4.78 is 0. The monoisotopic (exact) mass is 229 g/mol. The first kappa shape index (κ1) is 18.3. The fraction of sp³-hybridized carbons (Fsp3) is 1.00. The van der Waals surface area contributed by atoms with Gasteiger partial charge in [0.2, 0.25) is 0 Å². The second kappa shape index (κ2) is 13.0. The van der Waals surface area contributed by atoms with Gasteiger partial charge in [-0.15, -0.1) is 0 Å². The average molecular weight is 229 g/mol. The number of hydrogen-bond donors (Lipinski definition) is 0. The Hall–Kier alpha value is -0.0400. The van der Waals surface area contributed by atoms with E-state index in [4.69, 9.17) is 0 Å². The van der Waals surface area contributed by atoms with Crippen molar-refractivity contribution in [3.63, 3.8) is 0 Å². The van der Waals surface area contributed by atoms with Gasteiger partial charge in [-0.05, 0) is 33.4 Å². The van der Waals surface area contributed by atoms with Crippen molar-refractivity contribution in [3.05, 3.63) is 0 Å². The minimum Gasteiger partial charge on any atom is -0.307 e. The first-order chi connectivity index (χ1) is 7.70. The highest BCUT2D eigenvalue weighted by Gasteiger charge is 2.16. The summed E-state index contributed by atoms with van der Waals surface area (Å²) in [5.41, 5.74) is 0. The van der Waals surface area contributed by atoms with Crippen LogP contribution in [0.2, 0.25) is 0 Å². The summed E-state index contributed by atoms with van der Waals surface area (Å²) in [5.74, 6) is 1.02. The van der Waals surface area contributed by atoms with Crippen molar-refractivity contribution in [1.29, 1.82) is 0 Å². The Morgan fingerprint density at radius 1 is 0.938 bits per heavy atom. The second-order valence-electron chi connectivity index (χ2n) is 4.55. The van der Waals surface area contributed by atoms with Crippen molar-refractivity contribution in [2.75, 3.05) is 14.1 Å². The molecule has 1 aliphatic rings. The largest absolute Gasteiger partial charge is 0.307 e. The number of hydrogen-bond acceptors (Lipinski definition) is 1. The van der Waals surface area contributed by atoms with Crippen molar-refractivity contribution >= 4 is 0 Å². The lowest BCUT2D eigenvalue weighted by atomic mass is 9.85. The molecular formula is C15H35N. The van der Waals surface area contributed by atoms with E-state index < -0.39 is 0 Å². The van der Waals surface area contributed by atoms with E-state index in [0.717, 1.165) is 12.0 Å². The van der Waals surface area contributed by atoms with Gasteiger partial charge in [0.25, 0.3) is 0 Å². The molecule has 1 rings (SSSR count). The van der Waals surface area contributed by atoms with Gasteiger partial charge in [0.1, 0.15) is 0 Å². The molecular weight excluding hydrogens is 194 g/mol. The molecule has 1 fully saturated rings. The topological polar surface area (TPSA) is 3.24 Å². The highest BCUT2D eigenvalue weighted by atomic mass is 15.1. The van der Waals surface area contributed by atoms with Crippen LogP contribution < -0.4 is 0 Å². The molecule has 0 N–H and O–H groups in total. The van der Waals surface area contributed by atoms with Crippen LogP contribution in [0.4, 0.5) is 0 Å². The van der Waals surface area contributed by atoms with Gasteiger partial charge in [0.15, 0.2) is 0 Å². The van der Waals surface area contributed by atoms with Crippen LogP contribution in [-0.4, -0.2) is 25.0 Å². The van der Waals surface area contributed by atoms with E-state index in [1.54, 1.807) is 0 Å². The summed E-state index contributed by atoms with van der Waals surface area (Å²) in [5, 5.41) is 0. The normalized spacial score (nSPS) is 18.0. The summed E-state index contributed by atoms with van der Waals surface area (Å²) in [6.45, 7) is 10.3. The molecule has 0 heterocycles. The lowest BCUT2D eigenvalue weighted by Gasteiger charge is -2.27. The zero-order valence-corrected chi connectivity index (χ0v) is 12.8. The Bertz CT molecular complexity index is 115. The smallest absolute Gasteiger partial charge is 0.00634 e. The van der Waals surface area contributed by atoms with Gasteiger partial charge >= 0.3 is 0 Å². The maximum atomic E-state index is 2.34. The first-order valence-corrected chi connectivity index (χ1v) is 7.36. The summed E-state index contributed by atoms with van der Waals surface area (Å²) in [7, 11) is 4.38. The molecule has 100 valence electrons. The molecule has 1 heteroatoms. The molecule has 0 bridgehead atoms. The fourth-order valence-corrected chi connectivity index (χ4v) is 2.12. The quantitative estimate of drug-likeness (QED) is 0.661. The van der Waals surface area contributed by atoms with Gasteiger partial charge in [-0.3, -0.25) is 0 Å². The van der Waals surface area contributed by atoms with E-state index in [1.165, 1.54) is 38.5 Å². The van der Waals surface area contributed by atoms with Crippen molar-refractivity contribution in [2.45, 2.75) is 79.2 Å². The Labute approximate surface area is 105 Å². The third-order valence-corrected chi connectivity index (χ3v) is 3.28. The standard InChI is InChI=1S/C11H23N.2C2H6/c1-10(12(2)3)9-11-7-5-4-6-8-11;2*1-2/h10-11H,4-9H2,1-3H3;2*1-2H3. The Morgan fingerprint density at radius 3 is 1.75 bits per heavy atom. The molecule has 1 atom stereocenters. The van der Waals surface area contributed by atoms with Gasteiger partial charge < -0.3 is 4.90 Å². The lowest BCUT2D eigenvalue weighted by molar-refractivity contribution is 0.230. The van der Waals surface area contributed by atoms with Crippen LogP contribution >= 0.6 is 0 Å². The predicted octanol–water partition coefficient (Wildman–Crippen LogP) is 4.96. The van der Waals surface area contributed by atoms with Gasteiger partial charge in [-0.2, -0.15) is 0 Å². The predicted molar refractivity (Wildman–Crippen MR) is 77.0 cm³/mol. The Morgan fingerprint density at radius 2 is 1.38 bits per heavy atom. The van der Waals surface area contributed by atoms with E-state index in [0.29, 0.717) is 0 Å². The van der Waals surface area contributed by atoms with Crippen LogP contribution in [0.25, 0.3) is 0 Å². The van der Waals surface area contributed by atoms with Crippen LogP contribution in [-0.2, 0) is 0 Å². The van der Waals surface area contributed by atoms with Crippen LogP contribution in [0.1, 0.15) is 73.1 Å². The maximum Gasteiger partial charge on any atom is 0.00634 e. The van der Waals surface area contributed by atoms with Gasteiger partial charge in [0.05, 0.1) is 0 Å². The SMILES string of the molecule is CC.CC.CC(CC1CCCCC1)N(C)C. The molecule has 16 heavy (non-hydrogen) atoms. The molecule has 0 aliphatic heterocycles. The zero-order chi connectivity index (χ0) is 13.0. The summed E-state index contributed by atoms with van der Waals surface area (Å²) in [6, 6.07) is 0.771. The summed E-state index contributed by atoms with van der Waals surface area (Å²) in [4.78, 5) is 2.34. The van der Waals surface area contributed by atoms with Crippen LogP contribution in [0, 0.1) is 5.92 Å². The van der Waals surface area contributed by atoms with Gasteiger partial charge in [-0.1, -0.05) is 59.8 Å². The lowest BCUT2D eigenvalue weighted by Crippen LogP contribution is -2.27. The van der Waals surface area contributed by atoms with Crippen LogP contribution in [0.5, 0.6) is 0 Å². The molecule has 1 aliphatic carbocycles. The molecule has 0 spiro atoms. The van der Waals surface area contributed by atoms with Crippen LogP contribution in [0.15, 0.2) is 0 Å². The van der Waals surface area contributed by atoms with E-state index >= 15 is 0 Å². The minimum absolute atomic E-state index is 0.771. The average Bonchev–Trinajstić information content (AvgIpc) is 2.35. The highest BCUT2D eigenvalue weighted by Crippen LogP contribution is 2.27. The molecule has 1 nitrogen and oxygen atoms in total. The molecule has 0 aromatic carbocycles. The molecule has 0 saturated heterocycles. The highest BCUT2D eigenvalue weighted by molar-refractivity contribution is 4.71. The molecule has 0 amide bonds. The van der Waals surface area contributed by atoms with E-state index in [2.05, 4.69) is 25.9 Å². The third kappa shape index (κ3) is 9.21. The van der Waals surface area contributed by atoms with Crippen molar-refractivity contribution in [1.82, 2.24) is 4.90 Å². The van der Waals surface area contributed by atoms with Crippen LogP contribution in [0.3, 0.4) is 0 Å². The number of nitrogens with zero attached hydrogens (tertiary/aromatic N) is 1. The van der Waals surface area contributed by atoms with Gasteiger partial charge in [0, 0.05) is 6.04 Å². The minimum atomic E-state index is 0.771. The molecule has 0 aromatic rings.